The molecule has 1 aromatic carbocycles. The highest BCUT2D eigenvalue weighted by Crippen LogP contribution is 2.34. The first-order chi connectivity index (χ1) is 8.74. The molecule has 0 atom stereocenters. The molecule has 0 saturated carbocycles. The van der Waals surface area contributed by atoms with Gasteiger partial charge in [-0.1, -0.05) is 30.3 Å². The standard InChI is InChI=1S/C15H18O3/c1-16-14-11-15(17-2,18-3)10-9-13(14)12-7-5-4-6-8-12/h4-10H,11H2,1-3H3. The lowest BCUT2D eigenvalue weighted by Crippen LogP contribution is -2.34. The molecule has 0 radical (unpaired) electrons. The minimum Gasteiger partial charge on any atom is -0.500 e. The Morgan fingerprint density at radius 2 is 1.67 bits per heavy atom. The third-order valence-corrected chi connectivity index (χ3v) is 3.23. The average molecular weight is 246 g/mol. The van der Waals surface area contributed by atoms with Gasteiger partial charge in [0.2, 0.25) is 0 Å². The second kappa shape index (κ2) is 5.38. The molecule has 0 amide bonds. The molecule has 0 heterocycles. The van der Waals surface area contributed by atoms with Crippen LogP contribution in [0.15, 0.2) is 48.2 Å². The smallest absolute Gasteiger partial charge is 0.194 e. The van der Waals surface area contributed by atoms with Crippen LogP contribution in [0.4, 0.5) is 0 Å². The molecule has 1 aromatic rings. The number of allylic oxidation sites excluding steroid dienone is 2. The van der Waals surface area contributed by atoms with Crippen LogP contribution in [0.5, 0.6) is 0 Å². The highest BCUT2D eigenvalue weighted by Gasteiger charge is 2.32. The monoisotopic (exact) mass is 246 g/mol. The van der Waals surface area contributed by atoms with Crippen molar-refractivity contribution in [2.45, 2.75) is 12.2 Å². The third kappa shape index (κ3) is 2.33. The molecule has 0 aromatic heterocycles. The van der Waals surface area contributed by atoms with Crippen molar-refractivity contribution in [3.63, 3.8) is 0 Å². The summed E-state index contributed by atoms with van der Waals surface area (Å²) in [4.78, 5) is 0. The molecular formula is C15H18O3. The highest BCUT2D eigenvalue weighted by molar-refractivity contribution is 5.77. The zero-order valence-electron chi connectivity index (χ0n) is 11.0. The van der Waals surface area contributed by atoms with Crippen LogP contribution in [0, 0.1) is 0 Å². The topological polar surface area (TPSA) is 27.7 Å². The van der Waals surface area contributed by atoms with Crippen molar-refractivity contribution in [3.05, 3.63) is 53.8 Å². The van der Waals surface area contributed by atoms with Crippen molar-refractivity contribution in [3.8, 4) is 0 Å². The molecule has 0 aliphatic heterocycles. The number of ether oxygens (including phenoxy) is 3. The second-order valence-corrected chi connectivity index (χ2v) is 4.14. The lowest BCUT2D eigenvalue weighted by atomic mass is 9.94. The summed E-state index contributed by atoms with van der Waals surface area (Å²) in [5, 5.41) is 0. The molecule has 0 saturated heterocycles. The second-order valence-electron chi connectivity index (χ2n) is 4.14. The third-order valence-electron chi connectivity index (χ3n) is 3.23. The molecule has 1 aliphatic carbocycles. The largest absolute Gasteiger partial charge is 0.500 e. The van der Waals surface area contributed by atoms with Crippen molar-refractivity contribution in [1.82, 2.24) is 0 Å². The molecule has 0 N–H and O–H groups in total. The van der Waals surface area contributed by atoms with Crippen LogP contribution < -0.4 is 0 Å². The van der Waals surface area contributed by atoms with Gasteiger partial charge in [-0.25, -0.2) is 0 Å². The Labute approximate surface area is 108 Å². The van der Waals surface area contributed by atoms with E-state index in [0.717, 1.165) is 16.9 Å². The van der Waals surface area contributed by atoms with Crippen molar-refractivity contribution >= 4 is 5.57 Å². The minimum absolute atomic E-state index is 0.567. The van der Waals surface area contributed by atoms with E-state index < -0.39 is 5.79 Å². The molecule has 0 spiro atoms. The van der Waals surface area contributed by atoms with Gasteiger partial charge in [0.15, 0.2) is 5.79 Å². The van der Waals surface area contributed by atoms with Gasteiger partial charge in [-0.2, -0.15) is 0 Å². The van der Waals surface area contributed by atoms with Gasteiger partial charge < -0.3 is 14.2 Å². The lowest BCUT2D eigenvalue weighted by Gasteiger charge is -2.32. The van der Waals surface area contributed by atoms with Gasteiger partial charge in [-0.15, -0.1) is 0 Å². The Balaban J connectivity index is 2.37. The van der Waals surface area contributed by atoms with Gasteiger partial charge in [0, 0.05) is 19.8 Å². The van der Waals surface area contributed by atoms with Crippen LogP contribution in [-0.2, 0) is 14.2 Å². The van der Waals surface area contributed by atoms with E-state index in [1.165, 1.54) is 0 Å². The number of methoxy groups -OCH3 is 3. The van der Waals surface area contributed by atoms with E-state index in [2.05, 4.69) is 12.1 Å². The zero-order valence-corrected chi connectivity index (χ0v) is 11.0. The summed E-state index contributed by atoms with van der Waals surface area (Å²) < 4.78 is 16.3. The summed E-state index contributed by atoms with van der Waals surface area (Å²) >= 11 is 0. The van der Waals surface area contributed by atoms with Crippen LogP contribution in [0.2, 0.25) is 0 Å². The van der Waals surface area contributed by atoms with E-state index in [4.69, 9.17) is 14.2 Å². The number of hydrogen-bond acceptors (Lipinski definition) is 3. The predicted octanol–water partition coefficient (Wildman–Crippen LogP) is 2.99. The van der Waals surface area contributed by atoms with Crippen LogP contribution in [0.1, 0.15) is 12.0 Å². The molecule has 0 fully saturated rings. The van der Waals surface area contributed by atoms with E-state index in [-0.39, 0.29) is 0 Å². The fourth-order valence-corrected chi connectivity index (χ4v) is 2.10. The van der Waals surface area contributed by atoms with E-state index in [1.54, 1.807) is 21.3 Å². The summed E-state index contributed by atoms with van der Waals surface area (Å²) in [6.07, 6.45) is 4.49. The molecule has 18 heavy (non-hydrogen) atoms. The summed E-state index contributed by atoms with van der Waals surface area (Å²) in [6, 6.07) is 10.1. The first-order valence-electron chi connectivity index (χ1n) is 5.87. The number of rotatable bonds is 4. The normalized spacial score (nSPS) is 17.9. The number of benzene rings is 1. The molecule has 1 aliphatic rings. The Hall–Kier alpha value is -1.58. The highest BCUT2D eigenvalue weighted by atomic mass is 16.7. The quantitative estimate of drug-likeness (QED) is 0.764. The van der Waals surface area contributed by atoms with Gasteiger partial charge in [0.05, 0.1) is 13.5 Å². The summed E-state index contributed by atoms with van der Waals surface area (Å²) in [5.74, 6) is 0.149. The lowest BCUT2D eigenvalue weighted by molar-refractivity contribution is -0.173. The maximum absolute atomic E-state index is 5.49. The van der Waals surface area contributed by atoms with Crippen molar-refractivity contribution < 1.29 is 14.2 Å². The van der Waals surface area contributed by atoms with Gasteiger partial charge in [0.25, 0.3) is 0 Å². The van der Waals surface area contributed by atoms with Gasteiger partial charge >= 0.3 is 0 Å². The van der Waals surface area contributed by atoms with Gasteiger partial charge in [0.1, 0.15) is 5.76 Å². The van der Waals surface area contributed by atoms with Gasteiger partial charge in [-0.05, 0) is 17.7 Å². The van der Waals surface area contributed by atoms with Crippen LogP contribution in [0.3, 0.4) is 0 Å². The van der Waals surface area contributed by atoms with E-state index in [0.29, 0.717) is 6.42 Å². The first-order valence-corrected chi connectivity index (χ1v) is 5.87. The summed E-state index contributed by atoms with van der Waals surface area (Å²) in [7, 11) is 4.94. The minimum atomic E-state index is -0.719. The maximum atomic E-state index is 5.49. The predicted molar refractivity (Wildman–Crippen MR) is 70.9 cm³/mol. The first kappa shape index (κ1) is 12.9. The zero-order chi connectivity index (χ0) is 13.0. The Morgan fingerprint density at radius 3 is 2.22 bits per heavy atom. The maximum Gasteiger partial charge on any atom is 0.194 e. The van der Waals surface area contributed by atoms with Crippen LogP contribution in [-0.4, -0.2) is 27.1 Å². The average Bonchev–Trinajstić information content (AvgIpc) is 2.47. The molecule has 0 bridgehead atoms. The van der Waals surface area contributed by atoms with E-state index in [1.807, 2.05) is 30.4 Å². The van der Waals surface area contributed by atoms with E-state index >= 15 is 0 Å². The molecule has 0 unspecified atom stereocenters. The molecule has 3 nitrogen and oxygen atoms in total. The van der Waals surface area contributed by atoms with Crippen LogP contribution in [0.25, 0.3) is 5.57 Å². The molecule has 3 heteroatoms. The van der Waals surface area contributed by atoms with Gasteiger partial charge in [-0.3, -0.25) is 0 Å². The van der Waals surface area contributed by atoms with E-state index in [9.17, 15) is 0 Å². The van der Waals surface area contributed by atoms with Crippen molar-refractivity contribution in [2.75, 3.05) is 21.3 Å². The molecule has 96 valence electrons. The Bertz CT molecular complexity index is 456. The number of hydrogen-bond donors (Lipinski definition) is 0. The summed E-state index contributed by atoms with van der Waals surface area (Å²) in [5.41, 5.74) is 2.20. The summed E-state index contributed by atoms with van der Waals surface area (Å²) in [6.45, 7) is 0. The van der Waals surface area contributed by atoms with Crippen molar-refractivity contribution in [2.24, 2.45) is 0 Å². The SMILES string of the molecule is COC1=C(c2ccccc2)C=CC(OC)(OC)C1. The fraction of sp³-hybridized carbons (Fsp3) is 0.333. The molecule has 2 rings (SSSR count). The fourth-order valence-electron chi connectivity index (χ4n) is 2.10. The Kier molecular flexibility index (Phi) is 3.84. The molecular weight excluding hydrogens is 228 g/mol. The van der Waals surface area contributed by atoms with Crippen molar-refractivity contribution in [1.29, 1.82) is 0 Å². The van der Waals surface area contributed by atoms with Crippen LogP contribution >= 0.6 is 0 Å². The Morgan fingerprint density at radius 1 is 1.00 bits per heavy atom.